The molecule has 27 heavy (non-hydrogen) atoms. The Morgan fingerprint density at radius 2 is 1.96 bits per heavy atom. The molecule has 0 atom stereocenters. The second kappa shape index (κ2) is 7.11. The van der Waals surface area contributed by atoms with Crippen LogP contribution in [-0.2, 0) is 24.3 Å². The number of hydrogen-bond donors (Lipinski definition) is 3. The van der Waals surface area contributed by atoms with Crippen molar-refractivity contribution in [2.75, 3.05) is 11.9 Å². The van der Waals surface area contributed by atoms with Gasteiger partial charge in [0.05, 0.1) is 25.2 Å². The van der Waals surface area contributed by atoms with Crippen molar-refractivity contribution >= 4 is 28.5 Å². The molecule has 0 saturated carbocycles. The van der Waals surface area contributed by atoms with Crippen LogP contribution in [0.4, 0.5) is 10.6 Å². The molecule has 7 nitrogen and oxygen atoms in total. The van der Waals surface area contributed by atoms with Crippen LogP contribution in [0.1, 0.15) is 23.7 Å². The number of carbonyl (C=O) groups is 2. The van der Waals surface area contributed by atoms with E-state index in [1.165, 1.54) is 0 Å². The van der Waals surface area contributed by atoms with E-state index >= 15 is 0 Å². The number of H-pyrrole nitrogens is 1. The van der Waals surface area contributed by atoms with Crippen LogP contribution in [0.15, 0.2) is 42.5 Å². The van der Waals surface area contributed by atoms with Crippen molar-refractivity contribution in [2.45, 2.75) is 26.4 Å². The van der Waals surface area contributed by atoms with E-state index in [0.29, 0.717) is 25.5 Å². The van der Waals surface area contributed by atoms with Crippen molar-refractivity contribution < 1.29 is 9.59 Å². The van der Waals surface area contributed by atoms with Gasteiger partial charge in [-0.3, -0.25) is 9.89 Å². The second-order valence-corrected chi connectivity index (χ2v) is 6.58. The summed E-state index contributed by atoms with van der Waals surface area (Å²) in [5.41, 5.74) is 2.70. The third kappa shape index (κ3) is 3.36. The zero-order chi connectivity index (χ0) is 18.8. The molecule has 0 aliphatic carbocycles. The highest BCUT2D eigenvalue weighted by Gasteiger charge is 2.28. The Hall–Kier alpha value is -3.35. The lowest BCUT2D eigenvalue weighted by atomic mass is 10.0. The minimum Gasteiger partial charge on any atom is -0.338 e. The molecule has 7 heteroatoms. The second-order valence-electron chi connectivity index (χ2n) is 6.58. The van der Waals surface area contributed by atoms with E-state index < -0.39 is 0 Å². The Balaban J connectivity index is 1.47. The number of anilines is 1. The lowest BCUT2D eigenvalue weighted by molar-refractivity contribution is -0.115. The lowest BCUT2D eigenvalue weighted by Gasteiger charge is -2.15. The van der Waals surface area contributed by atoms with Crippen LogP contribution in [0, 0.1) is 0 Å². The molecule has 2 aromatic carbocycles. The van der Waals surface area contributed by atoms with Gasteiger partial charge in [-0.05, 0) is 23.3 Å². The first-order valence-electron chi connectivity index (χ1n) is 9.01. The largest absolute Gasteiger partial charge is 0.338 e. The van der Waals surface area contributed by atoms with Gasteiger partial charge in [-0.2, -0.15) is 5.10 Å². The molecule has 1 aromatic heterocycles. The lowest BCUT2D eigenvalue weighted by Crippen LogP contribution is -2.36. The fourth-order valence-corrected chi connectivity index (χ4v) is 3.45. The first-order valence-corrected chi connectivity index (χ1v) is 9.01. The number of aromatic amines is 1. The fourth-order valence-electron chi connectivity index (χ4n) is 3.45. The van der Waals surface area contributed by atoms with E-state index in [0.717, 1.165) is 27.6 Å². The van der Waals surface area contributed by atoms with Crippen LogP contribution in [0.2, 0.25) is 0 Å². The van der Waals surface area contributed by atoms with E-state index in [1.807, 2.05) is 49.4 Å². The van der Waals surface area contributed by atoms with Crippen LogP contribution >= 0.6 is 0 Å². The molecule has 0 radical (unpaired) electrons. The minimum atomic E-state index is -0.128. The number of fused-ring (bicyclic) bond motifs is 2. The van der Waals surface area contributed by atoms with Gasteiger partial charge in [-0.1, -0.05) is 42.5 Å². The zero-order valence-electron chi connectivity index (χ0n) is 15.1. The predicted molar refractivity (Wildman–Crippen MR) is 103 cm³/mol. The number of hydrogen-bond acceptors (Lipinski definition) is 3. The highest BCUT2D eigenvalue weighted by Crippen LogP contribution is 2.27. The number of amides is 3. The Morgan fingerprint density at radius 3 is 2.81 bits per heavy atom. The molecule has 1 aliphatic rings. The van der Waals surface area contributed by atoms with E-state index in [2.05, 4.69) is 20.8 Å². The van der Waals surface area contributed by atoms with E-state index in [4.69, 9.17) is 0 Å². The molecular weight excluding hydrogens is 342 g/mol. The monoisotopic (exact) mass is 363 g/mol. The molecule has 2 heterocycles. The van der Waals surface area contributed by atoms with Gasteiger partial charge in [0, 0.05) is 12.1 Å². The number of nitrogens with one attached hydrogen (secondary N) is 3. The van der Waals surface area contributed by atoms with E-state index in [-0.39, 0.29) is 18.4 Å². The summed E-state index contributed by atoms with van der Waals surface area (Å²) >= 11 is 0. The van der Waals surface area contributed by atoms with Gasteiger partial charge in [-0.25, -0.2) is 4.79 Å². The van der Waals surface area contributed by atoms with Crippen molar-refractivity contribution in [3.8, 4) is 0 Å². The maximum Gasteiger partial charge on any atom is 0.318 e. The summed E-state index contributed by atoms with van der Waals surface area (Å²) in [4.78, 5) is 26.3. The minimum absolute atomic E-state index is 0.116. The number of nitrogens with zero attached hydrogens (tertiary/aromatic N) is 2. The summed E-state index contributed by atoms with van der Waals surface area (Å²) < 4.78 is 0. The maximum atomic E-state index is 12.6. The SMILES string of the molecule is CCNC(=O)N1Cc2[nH]nc(NC(=O)Cc3cccc4ccccc34)c2C1. The zero-order valence-corrected chi connectivity index (χ0v) is 15.1. The molecule has 3 aromatic rings. The number of urea groups is 1. The summed E-state index contributed by atoms with van der Waals surface area (Å²) in [7, 11) is 0. The summed E-state index contributed by atoms with van der Waals surface area (Å²) in [6, 6.07) is 13.9. The van der Waals surface area contributed by atoms with Gasteiger partial charge in [0.1, 0.15) is 0 Å². The van der Waals surface area contributed by atoms with Gasteiger partial charge in [0.25, 0.3) is 0 Å². The van der Waals surface area contributed by atoms with Crippen molar-refractivity contribution in [2.24, 2.45) is 0 Å². The molecule has 0 bridgehead atoms. The van der Waals surface area contributed by atoms with Crippen LogP contribution in [0.5, 0.6) is 0 Å². The smallest absolute Gasteiger partial charge is 0.318 e. The molecule has 3 N–H and O–H groups in total. The maximum absolute atomic E-state index is 12.6. The summed E-state index contributed by atoms with van der Waals surface area (Å²) in [6.07, 6.45) is 0.267. The van der Waals surface area contributed by atoms with Crippen molar-refractivity contribution in [1.82, 2.24) is 20.4 Å². The Bertz CT molecular complexity index is 1010. The quantitative estimate of drug-likeness (QED) is 0.666. The van der Waals surface area contributed by atoms with Crippen LogP contribution in [0.25, 0.3) is 10.8 Å². The first kappa shape index (κ1) is 17.1. The molecule has 0 unspecified atom stereocenters. The number of aromatic nitrogens is 2. The highest BCUT2D eigenvalue weighted by molar-refractivity contribution is 5.96. The van der Waals surface area contributed by atoms with Gasteiger partial charge >= 0.3 is 6.03 Å². The standard InChI is InChI=1S/C20H21N5O2/c1-2-21-20(27)25-11-16-17(12-25)23-24-19(16)22-18(26)10-14-8-5-7-13-6-3-4-9-15(13)14/h3-9H,2,10-12H2,1H3,(H,21,27)(H2,22,23,24,26). The summed E-state index contributed by atoms with van der Waals surface area (Å²) in [6.45, 7) is 3.36. The van der Waals surface area contributed by atoms with Crippen LogP contribution in [-0.4, -0.2) is 33.6 Å². The van der Waals surface area contributed by atoms with Gasteiger partial charge < -0.3 is 15.5 Å². The summed E-state index contributed by atoms with van der Waals surface area (Å²) in [5.74, 6) is 0.374. The molecule has 3 amide bonds. The number of rotatable bonds is 4. The topological polar surface area (TPSA) is 90.1 Å². The Kier molecular flexibility index (Phi) is 4.50. The predicted octanol–water partition coefficient (Wildman–Crippen LogP) is 2.79. The van der Waals surface area contributed by atoms with Gasteiger partial charge in [-0.15, -0.1) is 0 Å². The van der Waals surface area contributed by atoms with E-state index in [9.17, 15) is 9.59 Å². The molecule has 0 fully saturated rings. The van der Waals surface area contributed by atoms with Gasteiger partial charge in [0.2, 0.25) is 5.91 Å². The van der Waals surface area contributed by atoms with Crippen molar-refractivity contribution in [1.29, 1.82) is 0 Å². The van der Waals surface area contributed by atoms with Crippen LogP contribution < -0.4 is 10.6 Å². The Labute approximate surface area is 156 Å². The Morgan fingerprint density at radius 1 is 1.15 bits per heavy atom. The van der Waals surface area contributed by atoms with Crippen molar-refractivity contribution in [3.63, 3.8) is 0 Å². The average Bonchev–Trinajstić information content (AvgIpc) is 3.24. The fraction of sp³-hybridized carbons (Fsp3) is 0.250. The average molecular weight is 363 g/mol. The molecule has 138 valence electrons. The van der Waals surface area contributed by atoms with Gasteiger partial charge in [0.15, 0.2) is 5.82 Å². The number of benzene rings is 2. The third-order valence-electron chi connectivity index (χ3n) is 4.75. The van der Waals surface area contributed by atoms with Crippen LogP contribution in [0.3, 0.4) is 0 Å². The molecule has 4 rings (SSSR count). The normalized spacial score (nSPS) is 12.9. The van der Waals surface area contributed by atoms with Crippen molar-refractivity contribution in [3.05, 3.63) is 59.3 Å². The first-order chi connectivity index (χ1) is 13.2. The molecular formula is C20H21N5O2. The highest BCUT2D eigenvalue weighted by atomic mass is 16.2. The molecule has 1 aliphatic heterocycles. The third-order valence-corrected chi connectivity index (χ3v) is 4.75. The molecule has 0 spiro atoms. The molecule has 0 saturated heterocycles. The summed E-state index contributed by atoms with van der Waals surface area (Å²) in [5, 5.41) is 15.0. The van der Waals surface area contributed by atoms with E-state index in [1.54, 1.807) is 4.90 Å². The number of carbonyl (C=O) groups excluding carboxylic acids is 2.